The number of carbonyl (C=O) groups excluding carboxylic acids is 3. The fourth-order valence-corrected chi connectivity index (χ4v) is 2.93. The van der Waals surface area contributed by atoms with Crippen molar-refractivity contribution < 1.29 is 19.1 Å². The molecule has 0 heterocycles. The van der Waals surface area contributed by atoms with Gasteiger partial charge in [-0.05, 0) is 56.2 Å². The van der Waals surface area contributed by atoms with E-state index in [1.807, 2.05) is 32.9 Å². The minimum absolute atomic E-state index is 0.0790. The first-order valence-electron chi connectivity index (χ1n) is 8.54. The summed E-state index contributed by atoms with van der Waals surface area (Å²) in [5.41, 5.74) is 4.61. The third kappa shape index (κ3) is 4.94. The number of benzene rings is 2. The summed E-state index contributed by atoms with van der Waals surface area (Å²) >= 11 is 0. The topological polar surface area (TPSA) is 75.7 Å². The molecule has 1 N–H and O–H groups in total. The quantitative estimate of drug-likeness (QED) is 0.823. The van der Waals surface area contributed by atoms with Crippen LogP contribution in [0.1, 0.15) is 37.4 Å². The average Bonchev–Trinajstić information content (AvgIpc) is 2.63. The summed E-state index contributed by atoms with van der Waals surface area (Å²) in [7, 11) is 2.86. The first kappa shape index (κ1) is 20.2. The van der Waals surface area contributed by atoms with E-state index in [0.717, 1.165) is 22.4 Å². The summed E-state index contributed by atoms with van der Waals surface area (Å²) in [5, 5.41) is 2.88. The second-order valence-electron chi connectivity index (χ2n) is 6.55. The smallest absolute Gasteiger partial charge is 0.337 e. The molecule has 0 bridgehead atoms. The van der Waals surface area contributed by atoms with E-state index in [0.29, 0.717) is 11.1 Å². The fourth-order valence-electron chi connectivity index (χ4n) is 2.93. The van der Waals surface area contributed by atoms with Crippen molar-refractivity contribution in [3.05, 3.63) is 64.2 Å². The summed E-state index contributed by atoms with van der Waals surface area (Å²) in [5.74, 6) is -1.04. The Balaban J connectivity index is 2.03. The molecule has 0 unspecified atom stereocenters. The van der Waals surface area contributed by atoms with Crippen LogP contribution < -0.4 is 5.32 Å². The van der Waals surface area contributed by atoms with Crippen LogP contribution in [0.2, 0.25) is 0 Å². The maximum Gasteiger partial charge on any atom is 0.337 e. The molecule has 2 rings (SSSR count). The van der Waals surface area contributed by atoms with Crippen LogP contribution in [0.25, 0.3) is 0 Å². The number of anilines is 1. The van der Waals surface area contributed by atoms with Crippen molar-refractivity contribution in [3.8, 4) is 0 Å². The number of amides is 2. The largest absolute Gasteiger partial charge is 0.465 e. The van der Waals surface area contributed by atoms with Gasteiger partial charge in [-0.1, -0.05) is 17.7 Å². The Bertz CT molecular complexity index is 849. The Hall–Kier alpha value is -3.15. The molecule has 0 saturated heterocycles. The molecule has 27 heavy (non-hydrogen) atoms. The number of hydrogen-bond acceptors (Lipinski definition) is 4. The number of rotatable bonds is 5. The number of carbonyl (C=O) groups is 3. The predicted octanol–water partition coefficient (Wildman–Crippen LogP) is 3.11. The SMILES string of the molecule is COC(=O)c1ccc(C(=O)N(C)CC(=O)Nc2c(C)cc(C)cc2C)cc1. The Labute approximate surface area is 159 Å². The minimum Gasteiger partial charge on any atom is -0.465 e. The molecule has 0 fully saturated rings. The van der Waals surface area contributed by atoms with Crippen molar-refractivity contribution in [1.29, 1.82) is 0 Å². The molecular weight excluding hydrogens is 344 g/mol. The van der Waals surface area contributed by atoms with Crippen LogP contribution in [0.5, 0.6) is 0 Å². The van der Waals surface area contributed by atoms with Crippen LogP contribution in [0.4, 0.5) is 5.69 Å². The molecule has 142 valence electrons. The van der Waals surface area contributed by atoms with Crippen LogP contribution in [0.15, 0.2) is 36.4 Å². The first-order chi connectivity index (χ1) is 12.7. The zero-order valence-electron chi connectivity index (χ0n) is 16.3. The Morgan fingerprint density at radius 1 is 0.963 bits per heavy atom. The van der Waals surface area contributed by atoms with E-state index in [2.05, 4.69) is 10.1 Å². The molecule has 6 heteroatoms. The normalized spacial score (nSPS) is 10.3. The second-order valence-corrected chi connectivity index (χ2v) is 6.55. The van der Waals surface area contributed by atoms with Crippen molar-refractivity contribution in [2.45, 2.75) is 20.8 Å². The standard InChI is InChI=1S/C21H24N2O4/c1-13-10-14(2)19(15(3)11-13)22-18(24)12-23(4)20(25)16-6-8-17(9-7-16)21(26)27-5/h6-11H,12H2,1-5H3,(H,22,24). The average molecular weight is 368 g/mol. The molecule has 2 aromatic rings. The van der Waals surface area contributed by atoms with Gasteiger partial charge in [0.25, 0.3) is 5.91 Å². The second kappa shape index (κ2) is 8.49. The van der Waals surface area contributed by atoms with Crippen molar-refractivity contribution in [1.82, 2.24) is 4.90 Å². The molecule has 0 aliphatic heterocycles. The van der Waals surface area contributed by atoms with Gasteiger partial charge in [0.2, 0.25) is 5.91 Å². The molecule has 6 nitrogen and oxygen atoms in total. The van der Waals surface area contributed by atoms with Gasteiger partial charge in [-0.2, -0.15) is 0 Å². The summed E-state index contributed by atoms with van der Waals surface area (Å²) in [6.45, 7) is 5.80. The lowest BCUT2D eigenvalue weighted by Crippen LogP contribution is -2.35. The third-order valence-electron chi connectivity index (χ3n) is 4.22. The van der Waals surface area contributed by atoms with E-state index in [9.17, 15) is 14.4 Å². The summed E-state index contributed by atoms with van der Waals surface area (Å²) < 4.78 is 4.63. The molecule has 0 spiro atoms. The van der Waals surface area contributed by atoms with Gasteiger partial charge in [0, 0.05) is 18.3 Å². The zero-order valence-corrected chi connectivity index (χ0v) is 16.3. The van der Waals surface area contributed by atoms with Crippen molar-refractivity contribution in [3.63, 3.8) is 0 Å². The van der Waals surface area contributed by atoms with Crippen molar-refractivity contribution >= 4 is 23.5 Å². The van der Waals surface area contributed by atoms with E-state index in [-0.39, 0.29) is 18.4 Å². The van der Waals surface area contributed by atoms with Crippen LogP contribution in [-0.4, -0.2) is 43.4 Å². The number of methoxy groups -OCH3 is 1. The van der Waals surface area contributed by atoms with Gasteiger partial charge in [0.1, 0.15) is 0 Å². The van der Waals surface area contributed by atoms with Crippen LogP contribution in [-0.2, 0) is 9.53 Å². The van der Waals surface area contributed by atoms with Crippen molar-refractivity contribution in [2.75, 3.05) is 26.0 Å². The van der Waals surface area contributed by atoms with E-state index >= 15 is 0 Å². The van der Waals surface area contributed by atoms with Crippen molar-refractivity contribution in [2.24, 2.45) is 0 Å². The molecule has 0 aliphatic rings. The molecular formula is C21H24N2O4. The molecule has 2 aromatic carbocycles. The van der Waals surface area contributed by atoms with Crippen LogP contribution >= 0.6 is 0 Å². The predicted molar refractivity (Wildman–Crippen MR) is 104 cm³/mol. The molecule has 0 atom stereocenters. The van der Waals surface area contributed by atoms with E-state index < -0.39 is 5.97 Å². The van der Waals surface area contributed by atoms with Crippen LogP contribution in [0, 0.1) is 20.8 Å². The highest BCUT2D eigenvalue weighted by molar-refractivity contribution is 6.00. The number of ether oxygens (including phenoxy) is 1. The van der Waals surface area contributed by atoms with Gasteiger partial charge in [0.05, 0.1) is 19.2 Å². The molecule has 0 radical (unpaired) electrons. The van der Waals surface area contributed by atoms with Gasteiger partial charge in [0.15, 0.2) is 0 Å². The Morgan fingerprint density at radius 2 is 1.48 bits per heavy atom. The highest BCUT2D eigenvalue weighted by Crippen LogP contribution is 2.21. The van der Waals surface area contributed by atoms with E-state index in [1.165, 1.54) is 36.3 Å². The lowest BCUT2D eigenvalue weighted by molar-refractivity contribution is -0.116. The summed E-state index contributed by atoms with van der Waals surface area (Å²) in [6, 6.07) is 10.1. The maximum absolute atomic E-state index is 12.5. The first-order valence-corrected chi connectivity index (χ1v) is 8.54. The van der Waals surface area contributed by atoms with Crippen LogP contribution in [0.3, 0.4) is 0 Å². The van der Waals surface area contributed by atoms with Gasteiger partial charge >= 0.3 is 5.97 Å². The lowest BCUT2D eigenvalue weighted by Gasteiger charge is -2.18. The number of nitrogens with zero attached hydrogens (tertiary/aromatic N) is 1. The highest BCUT2D eigenvalue weighted by Gasteiger charge is 2.17. The number of esters is 1. The lowest BCUT2D eigenvalue weighted by atomic mass is 10.1. The molecule has 2 amide bonds. The van der Waals surface area contributed by atoms with Gasteiger partial charge in [-0.15, -0.1) is 0 Å². The Morgan fingerprint density at radius 3 is 2.00 bits per heavy atom. The summed E-state index contributed by atoms with van der Waals surface area (Å²) in [4.78, 5) is 37.6. The Kier molecular flexibility index (Phi) is 6.34. The van der Waals surface area contributed by atoms with Gasteiger partial charge in [-0.25, -0.2) is 4.79 Å². The number of hydrogen-bond donors (Lipinski definition) is 1. The fraction of sp³-hybridized carbons (Fsp3) is 0.286. The number of likely N-dealkylation sites (N-methyl/N-ethyl adjacent to an activating group) is 1. The monoisotopic (exact) mass is 368 g/mol. The number of aryl methyl sites for hydroxylation is 3. The summed E-state index contributed by atoms with van der Waals surface area (Å²) in [6.07, 6.45) is 0. The third-order valence-corrected chi connectivity index (χ3v) is 4.22. The van der Waals surface area contributed by atoms with E-state index in [4.69, 9.17) is 0 Å². The molecule has 0 saturated carbocycles. The van der Waals surface area contributed by atoms with Gasteiger partial charge in [-0.3, -0.25) is 9.59 Å². The zero-order chi connectivity index (χ0) is 20.1. The molecule has 0 aromatic heterocycles. The van der Waals surface area contributed by atoms with E-state index in [1.54, 1.807) is 7.05 Å². The maximum atomic E-state index is 12.5. The number of nitrogens with one attached hydrogen (secondary N) is 1. The molecule has 0 aliphatic carbocycles. The van der Waals surface area contributed by atoms with Gasteiger partial charge < -0.3 is 15.0 Å². The highest BCUT2D eigenvalue weighted by atomic mass is 16.5. The minimum atomic E-state index is -0.467.